The van der Waals surface area contributed by atoms with Gasteiger partial charge < -0.3 is 0 Å². The van der Waals surface area contributed by atoms with Gasteiger partial charge in [-0.1, -0.05) is 0 Å². The van der Waals surface area contributed by atoms with Gasteiger partial charge in [0.25, 0.3) is 0 Å². The SMILES string of the molecule is C[CH]=[Zr]([CH3])([CH2]C=O)([CH]1C=CC2=C1CCCC2)[CH]1C=CC2=C1CCCC2. The number of aldehydes is 1. The van der Waals surface area contributed by atoms with Gasteiger partial charge >= 0.3 is 154 Å². The van der Waals surface area contributed by atoms with Crippen LogP contribution in [0.2, 0.25) is 16.0 Å². The summed E-state index contributed by atoms with van der Waals surface area (Å²) in [4.78, 5) is 12.0. The van der Waals surface area contributed by atoms with Gasteiger partial charge in [-0.15, -0.1) is 0 Å². The molecule has 134 valence electrons. The van der Waals surface area contributed by atoms with Crippen LogP contribution in [0, 0.1) is 0 Å². The number of carbonyl (C=O) groups is 1. The second-order valence-electron chi connectivity index (χ2n) is 9.18. The molecule has 2 heteroatoms. The monoisotopic (exact) mass is 414 g/mol. The number of carbonyl (C=O) groups excluding carboxylic acids is 1. The molecule has 0 saturated heterocycles. The van der Waals surface area contributed by atoms with Gasteiger partial charge in [-0.05, 0) is 0 Å². The van der Waals surface area contributed by atoms with Crippen LogP contribution in [-0.2, 0) is 23.1 Å². The Morgan fingerprint density at radius 3 is 1.84 bits per heavy atom. The fraction of sp³-hybridized carbons (Fsp3) is 0.565. The van der Waals surface area contributed by atoms with E-state index in [4.69, 9.17) is 0 Å². The van der Waals surface area contributed by atoms with E-state index in [1.807, 2.05) is 0 Å². The third-order valence-electron chi connectivity index (χ3n) is 8.09. The third kappa shape index (κ3) is 2.58. The van der Waals surface area contributed by atoms with Crippen LogP contribution in [-0.4, -0.2) is 10.00 Å². The minimum atomic E-state index is -3.54. The molecule has 0 aromatic carbocycles. The van der Waals surface area contributed by atoms with E-state index >= 15 is 0 Å². The maximum atomic E-state index is 12.0. The molecule has 25 heavy (non-hydrogen) atoms. The van der Waals surface area contributed by atoms with E-state index in [1.165, 1.54) is 57.7 Å². The molecular weight excluding hydrogens is 383 g/mol. The normalized spacial score (nSPS) is 29.1. The van der Waals surface area contributed by atoms with Gasteiger partial charge in [0.1, 0.15) is 0 Å². The predicted molar refractivity (Wildman–Crippen MR) is 105 cm³/mol. The molecule has 4 rings (SSSR count). The Morgan fingerprint density at radius 1 is 0.920 bits per heavy atom. The molecule has 2 unspecified atom stereocenters. The van der Waals surface area contributed by atoms with E-state index in [-0.39, 0.29) is 0 Å². The first-order valence-electron chi connectivity index (χ1n) is 10.3. The van der Waals surface area contributed by atoms with Crippen LogP contribution >= 0.6 is 0 Å². The summed E-state index contributed by atoms with van der Waals surface area (Å²) in [6.07, 6.45) is 21.6. The van der Waals surface area contributed by atoms with Crippen molar-refractivity contribution in [1.82, 2.24) is 0 Å². The molecule has 0 fully saturated rings. The Morgan fingerprint density at radius 2 is 1.40 bits per heavy atom. The van der Waals surface area contributed by atoms with E-state index in [9.17, 15) is 4.79 Å². The molecule has 0 bridgehead atoms. The fourth-order valence-electron chi connectivity index (χ4n) is 6.35. The van der Waals surface area contributed by atoms with Crippen molar-refractivity contribution in [3.8, 4) is 0 Å². The van der Waals surface area contributed by atoms with E-state index in [0.717, 1.165) is 4.13 Å². The molecule has 1 nitrogen and oxygen atoms in total. The van der Waals surface area contributed by atoms with Gasteiger partial charge in [0.05, 0.1) is 0 Å². The molecule has 4 aliphatic carbocycles. The zero-order chi connectivity index (χ0) is 17.5. The van der Waals surface area contributed by atoms with Gasteiger partial charge in [0.15, 0.2) is 0 Å². The van der Waals surface area contributed by atoms with E-state index in [1.54, 1.807) is 22.3 Å². The summed E-state index contributed by atoms with van der Waals surface area (Å²) in [5, 5.41) is 0. The topological polar surface area (TPSA) is 17.1 Å². The molecule has 0 spiro atoms. The number of hydrogen-bond acceptors (Lipinski definition) is 1. The van der Waals surface area contributed by atoms with Crippen molar-refractivity contribution >= 4 is 10.00 Å². The number of allylic oxidation sites excluding steroid dienone is 8. The Bertz CT molecular complexity index is 735. The zero-order valence-electron chi connectivity index (χ0n) is 15.9. The fourth-order valence-corrected chi connectivity index (χ4v) is 21.7. The summed E-state index contributed by atoms with van der Waals surface area (Å²) in [6.45, 7) is 2.29. The molecule has 0 radical (unpaired) electrons. The summed E-state index contributed by atoms with van der Waals surface area (Å²) >= 11 is -3.54. The van der Waals surface area contributed by atoms with Crippen LogP contribution in [0.15, 0.2) is 46.6 Å². The zero-order valence-corrected chi connectivity index (χ0v) is 18.3. The van der Waals surface area contributed by atoms with Crippen molar-refractivity contribution in [3.63, 3.8) is 0 Å². The van der Waals surface area contributed by atoms with Crippen molar-refractivity contribution < 1.29 is 23.1 Å². The summed E-state index contributed by atoms with van der Waals surface area (Å²) in [7, 11) is 0. The van der Waals surface area contributed by atoms with Gasteiger partial charge in [-0.3, -0.25) is 0 Å². The first-order valence-corrected chi connectivity index (χ1v) is 18.8. The molecule has 0 aromatic rings. The first-order chi connectivity index (χ1) is 12.1. The third-order valence-corrected chi connectivity index (χ3v) is 26.7. The molecular formula is C23H32OZr. The predicted octanol–water partition coefficient (Wildman–Crippen LogP) is 6.62. The summed E-state index contributed by atoms with van der Waals surface area (Å²) in [6, 6.07) is 0. The Labute approximate surface area is 153 Å². The van der Waals surface area contributed by atoms with E-state index < -0.39 is 18.3 Å². The van der Waals surface area contributed by atoms with Gasteiger partial charge in [0.2, 0.25) is 0 Å². The molecule has 0 N–H and O–H groups in total. The molecule has 0 aliphatic heterocycles. The molecule has 4 aliphatic rings. The standard InChI is InChI=1S/2C9H11.C2H3O.C2H4.CH3.Zr/c2*1-2-5-9-7-3-6-8(9)4-1;1-2-3;1-2;;/h2*3,6-7H,1-2,4-5H2;2H,1H2;1H,2H3;1H3;. The molecule has 0 aromatic heterocycles. The van der Waals surface area contributed by atoms with Crippen molar-refractivity contribution in [2.24, 2.45) is 0 Å². The quantitative estimate of drug-likeness (QED) is 0.471. The Hall–Kier alpha value is -0.617. The van der Waals surface area contributed by atoms with Gasteiger partial charge in [-0.2, -0.15) is 0 Å². The summed E-state index contributed by atoms with van der Waals surface area (Å²) < 4.78 is 7.18. The molecule has 2 atom stereocenters. The van der Waals surface area contributed by atoms with Crippen molar-refractivity contribution in [1.29, 1.82) is 0 Å². The van der Waals surface area contributed by atoms with Crippen LogP contribution in [0.3, 0.4) is 0 Å². The summed E-state index contributed by atoms with van der Waals surface area (Å²) in [5.41, 5.74) is 6.67. The van der Waals surface area contributed by atoms with Crippen LogP contribution in [0.4, 0.5) is 0 Å². The van der Waals surface area contributed by atoms with Gasteiger partial charge in [-0.25, -0.2) is 0 Å². The Kier molecular flexibility index (Phi) is 4.64. The number of rotatable bonds is 4. The second kappa shape index (κ2) is 6.52. The van der Waals surface area contributed by atoms with Crippen molar-refractivity contribution in [2.75, 3.05) is 0 Å². The average molecular weight is 416 g/mol. The molecule has 0 saturated carbocycles. The molecule has 0 heterocycles. The Balaban J connectivity index is 1.87. The maximum absolute atomic E-state index is 12.0. The van der Waals surface area contributed by atoms with Crippen molar-refractivity contribution in [2.45, 2.75) is 74.3 Å². The van der Waals surface area contributed by atoms with Crippen LogP contribution in [0.25, 0.3) is 0 Å². The minimum absolute atomic E-state index is 0.579. The second-order valence-corrected chi connectivity index (χ2v) is 26.1. The number of hydrogen-bond donors (Lipinski definition) is 0. The summed E-state index contributed by atoms with van der Waals surface area (Å²) in [5.74, 6) is 0. The van der Waals surface area contributed by atoms with Crippen LogP contribution in [0.1, 0.15) is 58.3 Å². The van der Waals surface area contributed by atoms with E-state index in [2.05, 4.69) is 39.6 Å². The van der Waals surface area contributed by atoms with Crippen LogP contribution < -0.4 is 0 Å². The first kappa shape index (κ1) is 17.8. The molecule has 0 amide bonds. The van der Waals surface area contributed by atoms with E-state index in [0.29, 0.717) is 7.25 Å². The van der Waals surface area contributed by atoms with Crippen molar-refractivity contribution in [3.05, 3.63) is 46.6 Å². The van der Waals surface area contributed by atoms with Gasteiger partial charge in [0, 0.05) is 0 Å². The van der Waals surface area contributed by atoms with Crippen LogP contribution in [0.5, 0.6) is 0 Å². The average Bonchev–Trinajstić information content (AvgIpc) is 3.27.